The molecule has 0 spiro atoms. The number of carbonyl (C=O) groups is 2. The molecule has 0 radical (unpaired) electrons. The molecule has 2 rings (SSSR count). The monoisotopic (exact) mass is 341 g/mol. The van der Waals surface area contributed by atoms with E-state index in [0.29, 0.717) is 17.1 Å². The van der Waals surface area contributed by atoms with Gasteiger partial charge in [0.2, 0.25) is 0 Å². The highest BCUT2D eigenvalue weighted by Crippen LogP contribution is 2.18. The van der Waals surface area contributed by atoms with Crippen LogP contribution in [0.4, 0.5) is 17.1 Å². The Morgan fingerprint density at radius 2 is 1.28 bits per heavy atom. The molecule has 25 heavy (non-hydrogen) atoms. The number of hydrogen-bond acceptors (Lipinski definition) is 4. The van der Waals surface area contributed by atoms with Gasteiger partial charge in [-0.3, -0.25) is 9.59 Å². The molecule has 2 aromatic carbocycles. The number of rotatable bonds is 6. The number of nitrogens with zero attached hydrogens (tertiary/aromatic N) is 1. The molecule has 6 heteroatoms. The summed E-state index contributed by atoms with van der Waals surface area (Å²) in [6.07, 6.45) is 0. The van der Waals surface area contributed by atoms with E-state index in [1.807, 2.05) is 12.1 Å². The van der Waals surface area contributed by atoms with Crippen LogP contribution in [0.5, 0.6) is 5.75 Å². The second-order valence-corrected chi connectivity index (χ2v) is 5.36. The second kappa shape index (κ2) is 8.73. The van der Waals surface area contributed by atoms with Gasteiger partial charge >= 0.3 is 11.8 Å². The summed E-state index contributed by atoms with van der Waals surface area (Å²) in [5.74, 6) is -0.764. The standard InChI is InChI=1S/C19H23N3O3/c1-4-22(5-2)16-10-6-14(7-11-16)20-18(23)19(24)21-15-8-12-17(25-3)13-9-15/h6-13H,4-5H2,1-3H3,(H,20,23)(H,21,24). The predicted molar refractivity (Wildman–Crippen MR) is 100 cm³/mol. The number of amides is 2. The van der Waals surface area contributed by atoms with Crippen molar-refractivity contribution >= 4 is 28.9 Å². The van der Waals surface area contributed by atoms with Crippen molar-refractivity contribution in [2.75, 3.05) is 35.7 Å². The van der Waals surface area contributed by atoms with Gasteiger partial charge in [0, 0.05) is 30.2 Å². The summed E-state index contributed by atoms with van der Waals surface area (Å²) in [6, 6.07) is 14.2. The van der Waals surface area contributed by atoms with E-state index in [1.54, 1.807) is 43.5 Å². The first-order valence-electron chi connectivity index (χ1n) is 8.18. The molecule has 0 saturated heterocycles. The fourth-order valence-electron chi connectivity index (χ4n) is 2.39. The van der Waals surface area contributed by atoms with Crippen LogP contribution in [0.3, 0.4) is 0 Å². The van der Waals surface area contributed by atoms with Gasteiger partial charge < -0.3 is 20.3 Å². The Balaban J connectivity index is 1.94. The van der Waals surface area contributed by atoms with Crippen molar-refractivity contribution in [3.8, 4) is 5.75 Å². The SMILES string of the molecule is CCN(CC)c1ccc(NC(=O)C(=O)Nc2ccc(OC)cc2)cc1. The highest BCUT2D eigenvalue weighted by molar-refractivity contribution is 6.43. The molecule has 2 N–H and O–H groups in total. The topological polar surface area (TPSA) is 70.7 Å². The molecule has 0 aliphatic rings. The number of methoxy groups -OCH3 is 1. The first-order valence-corrected chi connectivity index (χ1v) is 8.18. The Morgan fingerprint density at radius 1 is 0.840 bits per heavy atom. The molecule has 0 aliphatic carbocycles. The van der Waals surface area contributed by atoms with Crippen LogP contribution in [0.25, 0.3) is 0 Å². The molecule has 0 atom stereocenters. The predicted octanol–water partition coefficient (Wildman–Crippen LogP) is 3.12. The Bertz CT molecular complexity index is 708. The summed E-state index contributed by atoms with van der Waals surface area (Å²) in [5, 5.41) is 5.14. The second-order valence-electron chi connectivity index (χ2n) is 5.36. The average molecular weight is 341 g/mol. The zero-order valence-corrected chi connectivity index (χ0v) is 14.7. The van der Waals surface area contributed by atoms with E-state index in [9.17, 15) is 9.59 Å². The van der Waals surface area contributed by atoms with E-state index in [1.165, 1.54) is 0 Å². The lowest BCUT2D eigenvalue weighted by Crippen LogP contribution is -2.29. The number of carbonyl (C=O) groups excluding carboxylic acids is 2. The van der Waals surface area contributed by atoms with Gasteiger partial charge in [-0.2, -0.15) is 0 Å². The molecule has 0 heterocycles. The van der Waals surface area contributed by atoms with Crippen LogP contribution in [-0.2, 0) is 9.59 Å². The number of anilines is 3. The third kappa shape index (κ3) is 4.97. The van der Waals surface area contributed by atoms with Gasteiger partial charge in [-0.25, -0.2) is 0 Å². The summed E-state index contributed by atoms with van der Waals surface area (Å²) in [5.41, 5.74) is 2.18. The maximum Gasteiger partial charge on any atom is 0.314 e. The van der Waals surface area contributed by atoms with Gasteiger partial charge in [-0.15, -0.1) is 0 Å². The summed E-state index contributed by atoms with van der Waals surface area (Å²) in [6.45, 7) is 5.99. The van der Waals surface area contributed by atoms with E-state index in [4.69, 9.17) is 4.74 Å². The van der Waals surface area contributed by atoms with Gasteiger partial charge in [0.1, 0.15) is 5.75 Å². The highest BCUT2D eigenvalue weighted by Gasteiger charge is 2.14. The first kappa shape index (κ1) is 18.3. The molecule has 0 fully saturated rings. The highest BCUT2D eigenvalue weighted by atomic mass is 16.5. The van der Waals surface area contributed by atoms with Crippen LogP contribution in [0.2, 0.25) is 0 Å². The minimum atomic E-state index is -0.724. The number of hydrogen-bond donors (Lipinski definition) is 2. The molecule has 6 nitrogen and oxygen atoms in total. The lowest BCUT2D eigenvalue weighted by atomic mass is 10.2. The quantitative estimate of drug-likeness (QED) is 0.792. The van der Waals surface area contributed by atoms with E-state index in [0.717, 1.165) is 18.8 Å². The third-order valence-corrected chi connectivity index (χ3v) is 3.81. The molecular weight excluding hydrogens is 318 g/mol. The molecule has 0 aliphatic heterocycles. The largest absolute Gasteiger partial charge is 0.497 e. The summed E-state index contributed by atoms with van der Waals surface area (Å²) in [7, 11) is 1.56. The Kier molecular flexibility index (Phi) is 6.39. The van der Waals surface area contributed by atoms with Crippen molar-refractivity contribution in [3.63, 3.8) is 0 Å². The number of nitrogens with one attached hydrogen (secondary N) is 2. The fourth-order valence-corrected chi connectivity index (χ4v) is 2.39. The van der Waals surface area contributed by atoms with Gasteiger partial charge in [-0.05, 0) is 62.4 Å². The lowest BCUT2D eigenvalue weighted by molar-refractivity contribution is -0.132. The Morgan fingerprint density at radius 3 is 1.68 bits per heavy atom. The molecule has 0 bridgehead atoms. The van der Waals surface area contributed by atoms with Gasteiger partial charge in [0.25, 0.3) is 0 Å². The van der Waals surface area contributed by atoms with Crippen molar-refractivity contribution in [1.29, 1.82) is 0 Å². The van der Waals surface area contributed by atoms with Gasteiger partial charge in [-0.1, -0.05) is 0 Å². The van der Waals surface area contributed by atoms with E-state index in [-0.39, 0.29) is 0 Å². The smallest absolute Gasteiger partial charge is 0.314 e. The number of ether oxygens (including phenoxy) is 1. The van der Waals surface area contributed by atoms with Crippen LogP contribution >= 0.6 is 0 Å². The fraction of sp³-hybridized carbons (Fsp3) is 0.263. The van der Waals surface area contributed by atoms with Gasteiger partial charge in [0.05, 0.1) is 7.11 Å². The summed E-state index contributed by atoms with van der Waals surface area (Å²) >= 11 is 0. The lowest BCUT2D eigenvalue weighted by Gasteiger charge is -2.21. The van der Waals surface area contributed by atoms with Crippen molar-refractivity contribution in [2.45, 2.75) is 13.8 Å². The molecule has 0 saturated carbocycles. The average Bonchev–Trinajstić information content (AvgIpc) is 2.64. The maximum atomic E-state index is 12.0. The minimum absolute atomic E-state index is 0.526. The normalized spacial score (nSPS) is 10.0. The van der Waals surface area contributed by atoms with E-state index < -0.39 is 11.8 Å². The Labute approximate surface area is 147 Å². The van der Waals surface area contributed by atoms with E-state index in [2.05, 4.69) is 29.4 Å². The van der Waals surface area contributed by atoms with Crippen LogP contribution in [0.1, 0.15) is 13.8 Å². The molecule has 2 amide bonds. The molecule has 0 aromatic heterocycles. The van der Waals surface area contributed by atoms with Crippen LogP contribution in [0.15, 0.2) is 48.5 Å². The van der Waals surface area contributed by atoms with Crippen LogP contribution < -0.4 is 20.3 Å². The minimum Gasteiger partial charge on any atom is -0.497 e. The summed E-state index contributed by atoms with van der Waals surface area (Å²) in [4.78, 5) is 26.2. The maximum absolute atomic E-state index is 12.0. The first-order chi connectivity index (χ1) is 12.1. The van der Waals surface area contributed by atoms with E-state index >= 15 is 0 Å². The van der Waals surface area contributed by atoms with Crippen molar-refractivity contribution < 1.29 is 14.3 Å². The van der Waals surface area contributed by atoms with Crippen LogP contribution in [0, 0.1) is 0 Å². The molecule has 132 valence electrons. The molecule has 2 aromatic rings. The Hall–Kier alpha value is -3.02. The third-order valence-electron chi connectivity index (χ3n) is 3.81. The summed E-state index contributed by atoms with van der Waals surface area (Å²) < 4.78 is 5.05. The zero-order chi connectivity index (χ0) is 18.2. The molecular formula is C19H23N3O3. The number of benzene rings is 2. The zero-order valence-electron chi connectivity index (χ0n) is 14.7. The van der Waals surface area contributed by atoms with Crippen molar-refractivity contribution in [3.05, 3.63) is 48.5 Å². The van der Waals surface area contributed by atoms with Gasteiger partial charge in [0.15, 0.2) is 0 Å². The molecule has 0 unspecified atom stereocenters. The van der Waals surface area contributed by atoms with Crippen molar-refractivity contribution in [1.82, 2.24) is 0 Å². The van der Waals surface area contributed by atoms with Crippen LogP contribution in [-0.4, -0.2) is 32.0 Å². The van der Waals surface area contributed by atoms with Crippen molar-refractivity contribution in [2.24, 2.45) is 0 Å².